The third-order valence-electron chi connectivity index (χ3n) is 2.53. The Morgan fingerprint density at radius 1 is 1.36 bits per heavy atom. The Morgan fingerprint density at radius 3 is 3.00 bits per heavy atom. The van der Waals surface area contributed by atoms with Gasteiger partial charge < -0.3 is 5.73 Å². The molecule has 0 aliphatic carbocycles. The Balaban J connectivity index is 2.36. The van der Waals surface area contributed by atoms with Crippen LogP contribution < -0.4 is 5.73 Å². The van der Waals surface area contributed by atoms with E-state index < -0.39 is 0 Å². The SMILES string of the molecule is CC(CN)Cc1cccc2ccsc12. The summed E-state index contributed by atoms with van der Waals surface area (Å²) in [4.78, 5) is 0. The average Bonchev–Trinajstić information content (AvgIpc) is 2.66. The van der Waals surface area contributed by atoms with Crippen LogP contribution in [0.3, 0.4) is 0 Å². The van der Waals surface area contributed by atoms with Crippen LogP contribution in [0.25, 0.3) is 10.1 Å². The molecule has 1 heterocycles. The molecule has 2 aromatic rings. The summed E-state index contributed by atoms with van der Waals surface area (Å²) in [7, 11) is 0. The van der Waals surface area contributed by atoms with E-state index in [4.69, 9.17) is 5.73 Å². The van der Waals surface area contributed by atoms with E-state index in [-0.39, 0.29) is 0 Å². The minimum atomic E-state index is 0.572. The molecule has 74 valence electrons. The van der Waals surface area contributed by atoms with Crippen molar-refractivity contribution in [2.75, 3.05) is 6.54 Å². The molecule has 14 heavy (non-hydrogen) atoms. The summed E-state index contributed by atoms with van der Waals surface area (Å²) >= 11 is 1.83. The molecule has 2 rings (SSSR count). The molecule has 0 aliphatic heterocycles. The van der Waals surface area contributed by atoms with Gasteiger partial charge in [0.05, 0.1) is 0 Å². The smallest absolute Gasteiger partial charge is 0.0374 e. The number of thiophene rings is 1. The van der Waals surface area contributed by atoms with Crippen molar-refractivity contribution in [3.63, 3.8) is 0 Å². The van der Waals surface area contributed by atoms with Gasteiger partial charge in [-0.15, -0.1) is 11.3 Å². The zero-order chi connectivity index (χ0) is 9.97. The van der Waals surface area contributed by atoms with Gasteiger partial charge in [-0.05, 0) is 41.3 Å². The molecule has 0 bridgehead atoms. The molecule has 1 nitrogen and oxygen atoms in total. The van der Waals surface area contributed by atoms with Gasteiger partial charge in [-0.25, -0.2) is 0 Å². The van der Waals surface area contributed by atoms with Crippen LogP contribution in [0.2, 0.25) is 0 Å². The third-order valence-corrected chi connectivity index (χ3v) is 3.54. The molecule has 0 spiro atoms. The van der Waals surface area contributed by atoms with Crippen molar-refractivity contribution >= 4 is 21.4 Å². The summed E-state index contributed by atoms with van der Waals surface area (Å²) in [5, 5.41) is 3.51. The number of hydrogen-bond donors (Lipinski definition) is 1. The Morgan fingerprint density at radius 2 is 2.21 bits per heavy atom. The molecule has 0 radical (unpaired) electrons. The van der Waals surface area contributed by atoms with E-state index in [1.165, 1.54) is 15.6 Å². The van der Waals surface area contributed by atoms with Gasteiger partial charge in [-0.3, -0.25) is 0 Å². The Kier molecular flexibility index (Phi) is 2.85. The molecular weight excluding hydrogens is 190 g/mol. The largest absolute Gasteiger partial charge is 0.330 e. The fraction of sp³-hybridized carbons (Fsp3) is 0.333. The number of hydrogen-bond acceptors (Lipinski definition) is 2. The first-order valence-electron chi connectivity index (χ1n) is 4.96. The highest BCUT2D eigenvalue weighted by atomic mass is 32.1. The van der Waals surface area contributed by atoms with Crippen LogP contribution in [0.1, 0.15) is 12.5 Å². The lowest BCUT2D eigenvalue weighted by atomic mass is 10.0. The number of benzene rings is 1. The van der Waals surface area contributed by atoms with E-state index in [0.717, 1.165) is 13.0 Å². The molecule has 0 saturated carbocycles. The van der Waals surface area contributed by atoms with E-state index in [0.29, 0.717) is 5.92 Å². The maximum absolute atomic E-state index is 5.64. The van der Waals surface area contributed by atoms with Crippen molar-refractivity contribution in [3.8, 4) is 0 Å². The lowest BCUT2D eigenvalue weighted by Crippen LogP contribution is -2.13. The fourth-order valence-electron chi connectivity index (χ4n) is 1.67. The minimum Gasteiger partial charge on any atom is -0.330 e. The highest BCUT2D eigenvalue weighted by Gasteiger charge is 2.05. The normalized spacial score (nSPS) is 13.3. The zero-order valence-corrected chi connectivity index (χ0v) is 9.18. The molecule has 0 aliphatic rings. The maximum atomic E-state index is 5.64. The highest BCUT2D eigenvalue weighted by Crippen LogP contribution is 2.26. The monoisotopic (exact) mass is 205 g/mol. The van der Waals surface area contributed by atoms with E-state index in [1.807, 2.05) is 11.3 Å². The summed E-state index contributed by atoms with van der Waals surface area (Å²) < 4.78 is 1.42. The summed E-state index contributed by atoms with van der Waals surface area (Å²) in [5.41, 5.74) is 7.08. The predicted molar refractivity (Wildman–Crippen MR) is 63.7 cm³/mol. The molecule has 0 fully saturated rings. The van der Waals surface area contributed by atoms with Crippen LogP contribution in [-0.2, 0) is 6.42 Å². The van der Waals surface area contributed by atoms with Gasteiger partial charge in [-0.2, -0.15) is 0 Å². The van der Waals surface area contributed by atoms with Gasteiger partial charge in [0.1, 0.15) is 0 Å². The second-order valence-corrected chi connectivity index (χ2v) is 4.72. The van der Waals surface area contributed by atoms with Crippen LogP contribution in [0.15, 0.2) is 29.6 Å². The first kappa shape index (κ1) is 9.69. The van der Waals surface area contributed by atoms with Gasteiger partial charge in [0.25, 0.3) is 0 Å². The Labute approximate surface area is 88.6 Å². The van der Waals surface area contributed by atoms with Crippen molar-refractivity contribution in [1.29, 1.82) is 0 Å². The van der Waals surface area contributed by atoms with E-state index in [2.05, 4.69) is 36.6 Å². The summed E-state index contributed by atoms with van der Waals surface area (Å²) in [6.07, 6.45) is 1.09. The molecule has 0 amide bonds. The molecule has 1 aromatic heterocycles. The standard InChI is InChI=1S/C12H15NS/c1-9(8-13)7-11-4-2-3-10-5-6-14-12(10)11/h2-6,9H,7-8,13H2,1H3. The maximum Gasteiger partial charge on any atom is 0.0374 e. The van der Waals surface area contributed by atoms with E-state index in [1.54, 1.807) is 0 Å². The molecule has 0 saturated heterocycles. The summed E-state index contributed by atoms with van der Waals surface area (Å²) in [6.45, 7) is 2.97. The zero-order valence-electron chi connectivity index (χ0n) is 8.36. The third kappa shape index (κ3) is 1.81. The van der Waals surface area contributed by atoms with Crippen molar-refractivity contribution in [2.24, 2.45) is 11.7 Å². The van der Waals surface area contributed by atoms with Crippen molar-refractivity contribution in [1.82, 2.24) is 0 Å². The Bertz CT molecular complexity index is 419. The first-order chi connectivity index (χ1) is 6.81. The van der Waals surface area contributed by atoms with Crippen LogP contribution in [0, 0.1) is 5.92 Å². The lowest BCUT2D eigenvalue weighted by molar-refractivity contribution is 0.595. The fourth-order valence-corrected chi connectivity index (χ4v) is 2.60. The van der Waals surface area contributed by atoms with Gasteiger partial charge in [0.15, 0.2) is 0 Å². The molecule has 1 atom stereocenters. The topological polar surface area (TPSA) is 26.0 Å². The second kappa shape index (κ2) is 4.11. The van der Waals surface area contributed by atoms with Crippen LogP contribution in [0.4, 0.5) is 0 Å². The van der Waals surface area contributed by atoms with Gasteiger partial charge >= 0.3 is 0 Å². The predicted octanol–water partition coefficient (Wildman–Crippen LogP) is 3.04. The first-order valence-corrected chi connectivity index (χ1v) is 5.84. The highest BCUT2D eigenvalue weighted by molar-refractivity contribution is 7.17. The van der Waals surface area contributed by atoms with Crippen molar-refractivity contribution < 1.29 is 0 Å². The molecule has 2 N–H and O–H groups in total. The van der Waals surface area contributed by atoms with Crippen molar-refractivity contribution in [3.05, 3.63) is 35.2 Å². The van der Waals surface area contributed by atoms with E-state index in [9.17, 15) is 0 Å². The van der Waals surface area contributed by atoms with Gasteiger partial charge in [-0.1, -0.05) is 25.1 Å². The van der Waals surface area contributed by atoms with Crippen LogP contribution in [0.5, 0.6) is 0 Å². The Hall–Kier alpha value is -0.860. The van der Waals surface area contributed by atoms with Gasteiger partial charge in [0, 0.05) is 4.70 Å². The summed E-state index contributed by atoms with van der Waals surface area (Å²) in [6, 6.07) is 8.69. The van der Waals surface area contributed by atoms with Gasteiger partial charge in [0.2, 0.25) is 0 Å². The number of nitrogens with two attached hydrogens (primary N) is 1. The summed E-state index contributed by atoms with van der Waals surface area (Å²) in [5.74, 6) is 0.572. The minimum absolute atomic E-state index is 0.572. The second-order valence-electron chi connectivity index (χ2n) is 3.80. The molecule has 2 heteroatoms. The quantitative estimate of drug-likeness (QED) is 0.819. The number of rotatable bonds is 3. The number of fused-ring (bicyclic) bond motifs is 1. The van der Waals surface area contributed by atoms with E-state index >= 15 is 0 Å². The lowest BCUT2D eigenvalue weighted by Gasteiger charge is -2.08. The average molecular weight is 205 g/mol. The molecule has 1 unspecified atom stereocenters. The van der Waals surface area contributed by atoms with Crippen LogP contribution in [-0.4, -0.2) is 6.54 Å². The van der Waals surface area contributed by atoms with Crippen LogP contribution >= 0.6 is 11.3 Å². The molecular formula is C12H15NS. The van der Waals surface area contributed by atoms with Crippen molar-refractivity contribution in [2.45, 2.75) is 13.3 Å². The molecule has 1 aromatic carbocycles.